The number of nitrogens with two attached hydrogens (primary N) is 2. The highest BCUT2D eigenvalue weighted by atomic mass is 16.5. The topological polar surface area (TPSA) is 264 Å². The molecule has 0 aromatic heterocycles. The first kappa shape index (κ1) is 40.7. The lowest BCUT2D eigenvalue weighted by Gasteiger charge is -2.33. The van der Waals surface area contributed by atoms with Crippen molar-refractivity contribution in [3.8, 4) is 5.75 Å². The summed E-state index contributed by atoms with van der Waals surface area (Å²) in [7, 11) is 0. The lowest BCUT2D eigenvalue weighted by Crippen LogP contribution is -2.59. The first-order chi connectivity index (χ1) is 24.1. The van der Waals surface area contributed by atoms with Gasteiger partial charge in [-0.2, -0.15) is 0 Å². The lowest BCUT2D eigenvalue weighted by atomic mass is 9.96. The molecule has 3 aliphatic heterocycles. The van der Waals surface area contributed by atoms with Gasteiger partial charge in [-0.3, -0.25) is 38.5 Å². The molecule has 1 aromatic rings. The summed E-state index contributed by atoms with van der Waals surface area (Å²) in [6.45, 7) is 6.76. The number of primary amides is 2. The van der Waals surface area contributed by atoms with Gasteiger partial charge in [0, 0.05) is 6.54 Å². The van der Waals surface area contributed by atoms with Gasteiger partial charge in [-0.1, -0.05) is 46.2 Å². The fraction of sp³-hybridized carbons (Fsp3) is 0.618. The van der Waals surface area contributed by atoms with Crippen LogP contribution in [0.15, 0.2) is 24.3 Å². The van der Waals surface area contributed by atoms with Crippen LogP contribution in [0.2, 0.25) is 0 Å². The van der Waals surface area contributed by atoms with Gasteiger partial charge in [-0.25, -0.2) is 0 Å². The number of aliphatic hydroxyl groups is 1. The molecule has 282 valence electrons. The van der Waals surface area contributed by atoms with Crippen LogP contribution in [-0.2, 0) is 40.0 Å². The van der Waals surface area contributed by atoms with Gasteiger partial charge in [0.2, 0.25) is 35.4 Å². The van der Waals surface area contributed by atoms with Crippen molar-refractivity contribution >= 4 is 41.4 Å². The Hall–Kier alpha value is -4.77. The minimum absolute atomic E-state index is 0.0413. The van der Waals surface area contributed by atoms with Gasteiger partial charge in [-0.15, -0.1) is 0 Å². The molecule has 1 fully saturated rings. The third-order valence-electron chi connectivity index (χ3n) is 9.20. The number of hydrogen-bond acceptors (Lipinski definition) is 10. The molecule has 0 spiro atoms. The summed E-state index contributed by atoms with van der Waals surface area (Å²) in [4.78, 5) is 90.7. The van der Waals surface area contributed by atoms with E-state index in [1.807, 2.05) is 13.8 Å². The average Bonchev–Trinajstić information content (AvgIpc) is 3.54. The number of nitrogens with zero attached hydrogens (tertiary/aromatic N) is 1. The highest BCUT2D eigenvalue weighted by Gasteiger charge is 2.38. The Morgan fingerprint density at radius 2 is 1.69 bits per heavy atom. The van der Waals surface area contributed by atoms with Crippen LogP contribution in [0.3, 0.4) is 0 Å². The van der Waals surface area contributed by atoms with E-state index in [9.17, 15) is 38.7 Å². The van der Waals surface area contributed by atoms with Crippen LogP contribution in [0.4, 0.5) is 0 Å². The highest BCUT2D eigenvalue weighted by Crippen LogP contribution is 2.21. The van der Waals surface area contributed by atoms with Crippen molar-refractivity contribution in [3.05, 3.63) is 29.8 Å². The Kier molecular flexibility index (Phi) is 15.2. The Balaban J connectivity index is 1.82. The first-order valence-corrected chi connectivity index (χ1v) is 17.3. The lowest BCUT2D eigenvalue weighted by molar-refractivity contribution is -0.134. The molecule has 51 heavy (non-hydrogen) atoms. The van der Waals surface area contributed by atoms with Gasteiger partial charge in [0.15, 0.2) is 6.61 Å². The number of hydrogen-bond donors (Lipinski definition) is 8. The number of likely N-dealkylation sites (tertiary alicyclic amines) is 1. The van der Waals surface area contributed by atoms with Crippen molar-refractivity contribution in [2.75, 3.05) is 26.2 Å². The zero-order chi connectivity index (χ0) is 37.8. The Bertz CT molecular complexity index is 1420. The van der Waals surface area contributed by atoms with E-state index in [1.165, 1.54) is 0 Å². The molecule has 0 radical (unpaired) electrons. The second kappa shape index (κ2) is 19.0. The second-order valence-electron chi connectivity index (χ2n) is 13.5. The standard InChI is InChI=1S/C34H52N8O9/c1-5-19(4)30(34(50)40-29(18(2)3)31(36)47)41-33(49)24-7-6-12-42(24)16-25(43)22-13-20-8-10-21(11-9-20)51-17-28(46)37-15-27(45)38-23(14-26(35)44)32(48)39-22/h8-11,18-19,22-25,29-30,43H,5-7,12-17H2,1-4H3,(H2,35,44)(H2,36,47)(H,37,46)(H,38,45)(H,39,48)(H,40,50)(H,41,49)/t19-,22+,23-,24-,25+,29-,30-/m0/s1. The molecule has 2 bridgehead atoms. The van der Waals surface area contributed by atoms with Gasteiger partial charge < -0.3 is 47.9 Å². The molecule has 17 heteroatoms. The zero-order valence-electron chi connectivity index (χ0n) is 29.6. The minimum atomic E-state index is -1.40. The molecule has 1 aromatic carbocycles. The number of nitrogens with one attached hydrogen (secondary N) is 5. The number of β-amino-alcohol motifs (C(OH)–C–C–N with tert-alkyl or cyclic N) is 1. The van der Waals surface area contributed by atoms with E-state index in [0.717, 1.165) is 0 Å². The first-order valence-electron chi connectivity index (χ1n) is 17.3. The molecule has 1 saturated heterocycles. The maximum Gasteiger partial charge on any atom is 0.258 e. The fourth-order valence-corrected chi connectivity index (χ4v) is 6.05. The summed E-state index contributed by atoms with van der Waals surface area (Å²) in [5.74, 6) is -4.74. The molecule has 0 unspecified atom stereocenters. The van der Waals surface area contributed by atoms with Crippen molar-refractivity contribution in [1.29, 1.82) is 0 Å². The number of carbonyl (C=O) groups excluding carboxylic acids is 7. The molecular weight excluding hydrogens is 664 g/mol. The Labute approximate surface area is 297 Å². The summed E-state index contributed by atoms with van der Waals surface area (Å²) < 4.78 is 5.48. The van der Waals surface area contributed by atoms with Crippen LogP contribution in [0.5, 0.6) is 5.75 Å². The van der Waals surface area contributed by atoms with Crippen LogP contribution in [0.25, 0.3) is 0 Å². The van der Waals surface area contributed by atoms with Crippen LogP contribution in [-0.4, -0.2) is 114 Å². The van der Waals surface area contributed by atoms with Gasteiger partial charge in [-0.05, 0) is 55.3 Å². The van der Waals surface area contributed by atoms with Crippen molar-refractivity contribution in [2.45, 2.75) is 96.1 Å². The van der Waals surface area contributed by atoms with Gasteiger partial charge in [0.05, 0.1) is 31.2 Å². The maximum atomic E-state index is 13.7. The number of benzene rings is 1. The predicted molar refractivity (Wildman–Crippen MR) is 184 cm³/mol. The quantitative estimate of drug-likeness (QED) is 0.100. The van der Waals surface area contributed by atoms with E-state index in [0.29, 0.717) is 37.1 Å². The molecule has 17 nitrogen and oxygen atoms in total. The number of rotatable bonds is 13. The number of amides is 7. The van der Waals surface area contributed by atoms with E-state index in [4.69, 9.17) is 16.2 Å². The zero-order valence-corrected chi connectivity index (χ0v) is 29.6. The second-order valence-corrected chi connectivity index (χ2v) is 13.5. The number of aliphatic hydroxyl groups excluding tert-OH is 1. The summed E-state index contributed by atoms with van der Waals surface area (Å²) in [6.07, 6.45) is -0.0211. The van der Waals surface area contributed by atoms with Crippen LogP contribution in [0.1, 0.15) is 58.9 Å². The highest BCUT2D eigenvalue weighted by molar-refractivity contribution is 5.94. The van der Waals surface area contributed by atoms with E-state index in [1.54, 1.807) is 43.0 Å². The number of carbonyl (C=O) groups is 7. The smallest absolute Gasteiger partial charge is 0.258 e. The molecule has 0 saturated carbocycles. The van der Waals surface area contributed by atoms with Crippen LogP contribution in [0, 0.1) is 11.8 Å². The third kappa shape index (κ3) is 12.2. The Morgan fingerprint density at radius 3 is 2.29 bits per heavy atom. The van der Waals surface area contributed by atoms with E-state index in [2.05, 4.69) is 26.6 Å². The van der Waals surface area contributed by atoms with Gasteiger partial charge in [0.25, 0.3) is 5.91 Å². The molecular formula is C34H52N8O9. The van der Waals surface area contributed by atoms with E-state index >= 15 is 0 Å². The predicted octanol–water partition coefficient (Wildman–Crippen LogP) is -2.43. The molecule has 0 aliphatic carbocycles. The van der Waals surface area contributed by atoms with Crippen LogP contribution < -0.4 is 42.8 Å². The number of fused-ring (bicyclic) bond motifs is 13. The van der Waals surface area contributed by atoms with Crippen molar-refractivity contribution in [3.63, 3.8) is 0 Å². The van der Waals surface area contributed by atoms with E-state index < -0.39 is 90.6 Å². The average molecular weight is 717 g/mol. The third-order valence-corrected chi connectivity index (χ3v) is 9.20. The summed E-state index contributed by atoms with van der Waals surface area (Å²) in [5.41, 5.74) is 11.5. The SMILES string of the molecule is CC[C@H](C)[C@H](NC(=O)[C@@H]1CCCN1C[C@@H](O)[C@H]1Cc2ccc(cc2)OCC(=O)NCC(=O)N[C@@H](CC(N)=O)C(=O)N1)C(=O)N[C@H](C(N)=O)C(C)C. The number of ether oxygens (including phenoxy) is 1. The minimum Gasteiger partial charge on any atom is -0.484 e. The van der Waals surface area contributed by atoms with Crippen molar-refractivity contribution in [1.82, 2.24) is 31.5 Å². The van der Waals surface area contributed by atoms with Crippen molar-refractivity contribution in [2.24, 2.45) is 23.3 Å². The molecule has 7 atom stereocenters. The molecule has 3 heterocycles. The largest absolute Gasteiger partial charge is 0.484 e. The summed E-state index contributed by atoms with van der Waals surface area (Å²) in [6, 6.07) is 1.76. The Morgan fingerprint density at radius 1 is 1.00 bits per heavy atom. The summed E-state index contributed by atoms with van der Waals surface area (Å²) >= 11 is 0. The monoisotopic (exact) mass is 716 g/mol. The maximum absolute atomic E-state index is 13.7. The normalized spacial score (nSPS) is 22.8. The van der Waals surface area contributed by atoms with E-state index in [-0.39, 0.29) is 31.4 Å². The molecule has 10 N–H and O–H groups in total. The van der Waals surface area contributed by atoms with Gasteiger partial charge in [0.1, 0.15) is 23.9 Å². The van der Waals surface area contributed by atoms with Gasteiger partial charge >= 0.3 is 0 Å². The summed E-state index contributed by atoms with van der Waals surface area (Å²) in [5, 5.41) is 24.7. The van der Waals surface area contributed by atoms with Crippen LogP contribution >= 0.6 is 0 Å². The molecule has 3 aliphatic rings. The van der Waals surface area contributed by atoms with Crippen molar-refractivity contribution < 1.29 is 43.4 Å². The molecule has 7 amide bonds. The molecule has 4 rings (SSSR count). The fourth-order valence-electron chi connectivity index (χ4n) is 6.05.